The Morgan fingerprint density at radius 2 is 1.96 bits per heavy atom. The number of ether oxygens (including phenoxy) is 3. The predicted octanol–water partition coefficient (Wildman–Crippen LogP) is 3.49. The van der Waals surface area contributed by atoms with Crippen molar-refractivity contribution in [1.29, 1.82) is 0 Å². The molecule has 0 aromatic heterocycles. The Labute approximate surface area is 144 Å². The lowest BCUT2D eigenvalue weighted by atomic mass is 9.90. The molecular formula is C20H15NO4. The van der Waals surface area contributed by atoms with Crippen molar-refractivity contribution in [3.05, 3.63) is 53.6 Å². The maximum absolute atomic E-state index is 12.2. The van der Waals surface area contributed by atoms with E-state index in [4.69, 9.17) is 14.2 Å². The second kappa shape index (κ2) is 5.14. The topological polar surface area (TPSA) is 56.8 Å². The fraction of sp³-hybridized carbons (Fsp3) is 0.150. The lowest BCUT2D eigenvalue weighted by Gasteiger charge is -2.15. The molecule has 0 atom stereocenters. The van der Waals surface area contributed by atoms with Crippen LogP contribution >= 0.6 is 0 Å². The van der Waals surface area contributed by atoms with Crippen LogP contribution in [-0.2, 0) is 6.54 Å². The average Bonchev–Trinajstić information content (AvgIpc) is 3.25. The van der Waals surface area contributed by atoms with Gasteiger partial charge in [0.1, 0.15) is 5.75 Å². The van der Waals surface area contributed by atoms with Crippen molar-refractivity contribution < 1.29 is 19.0 Å². The summed E-state index contributed by atoms with van der Waals surface area (Å²) in [5.41, 5.74) is 3.68. The van der Waals surface area contributed by atoms with E-state index in [1.54, 1.807) is 7.11 Å². The zero-order chi connectivity index (χ0) is 17.0. The minimum Gasteiger partial charge on any atom is -0.496 e. The van der Waals surface area contributed by atoms with E-state index in [9.17, 15) is 4.79 Å². The van der Waals surface area contributed by atoms with Gasteiger partial charge in [0.2, 0.25) is 6.79 Å². The van der Waals surface area contributed by atoms with Gasteiger partial charge in [-0.15, -0.1) is 0 Å². The minimum atomic E-state index is -0.0401. The number of carbonyl (C=O) groups is 1. The molecule has 0 unspecified atom stereocenters. The highest BCUT2D eigenvalue weighted by Gasteiger charge is 2.27. The van der Waals surface area contributed by atoms with Crippen molar-refractivity contribution in [3.63, 3.8) is 0 Å². The Bertz CT molecular complexity index is 1040. The van der Waals surface area contributed by atoms with E-state index in [2.05, 4.69) is 5.32 Å². The third-order valence-electron chi connectivity index (χ3n) is 4.79. The smallest absolute Gasteiger partial charge is 0.251 e. The van der Waals surface area contributed by atoms with Gasteiger partial charge in [-0.05, 0) is 46.3 Å². The Morgan fingerprint density at radius 3 is 2.84 bits per heavy atom. The molecule has 1 N–H and O–H groups in total. The molecule has 25 heavy (non-hydrogen) atoms. The van der Waals surface area contributed by atoms with Gasteiger partial charge in [0, 0.05) is 17.5 Å². The molecule has 0 saturated carbocycles. The van der Waals surface area contributed by atoms with Crippen LogP contribution in [0, 0.1) is 0 Å². The van der Waals surface area contributed by atoms with Crippen molar-refractivity contribution in [2.24, 2.45) is 0 Å². The summed E-state index contributed by atoms with van der Waals surface area (Å²) >= 11 is 0. The molecule has 2 aliphatic heterocycles. The standard InChI is InChI=1S/C20H15NO4/c1-23-16-4-2-3-11-7-13-14(9-21-20(13)22)18(19(11)16)12-5-6-15-17(8-12)25-10-24-15/h2-8H,9-10H2,1H3,(H,21,22). The molecule has 0 radical (unpaired) electrons. The highest BCUT2D eigenvalue weighted by Crippen LogP contribution is 2.44. The van der Waals surface area contributed by atoms with Gasteiger partial charge in [-0.25, -0.2) is 0 Å². The summed E-state index contributed by atoms with van der Waals surface area (Å²) in [7, 11) is 1.66. The van der Waals surface area contributed by atoms with Gasteiger partial charge in [-0.1, -0.05) is 18.2 Å². The van der Waals surface area contributed by atoms with Crippen LogP contribution in [-0.4, -0.2) is 19.8 Å². The first-order valence-corrected chi connectivity index (χ1v) is 8.07. The number of nitrogens with one attached hydrogen (secondary N) is 1. The molecule has 5 rings (SSSR count). The highest BCUT2D eigenvalue weighted by atomic mass is 16.7. The zero-order valence-electron chi connectivity index (χ0n) is 13.6. The molecule has 0 spiro atoms. The lowest BCUT2D eigenvalue weighted by Crippen LogP contribution is -2.12. The van der Waals surface area contributed by atoms with Gasteiger partial charge < -0.3 is 19.5 Å². The first-order chi connectivity index (χ1) is 12.3. The third kappa shape index (κ3) is 1.99. The number of carbonyl (C=O) groups excluding carboxylic acids is 1. The summed E-state index contributed by atoms with van der Waals surface area (Å²) in [6, 6.07) is 13.7. The number of rotatable bonds is 2. The van der Waals surface area contributed by atoms with Gasteiger partial charge >= 0.3 is 0 Å². The van der Waals surface area contributed by atoms with Crippen LogP contribution in [0.3, 0.4) is 0 Å². The molecule has 2 heterocycles. The monoisotopic (exact) mass is 333 g/mol. The number of fused-ring (bicyclic) bond motifs is 3. The number of benzene rings is 3. The second-order valence-electron chi connectivity index (χ2n) is 6.09. The average molecular weight is 333 g/mol. The number of hydrogen-bond donors (Lipinski definition) is 1. The van der Waals surface area contributed by atoms with Crippen LogP contribution in [0.5, 0.6) is 17.2 Å². The summed E-state index contributed by atoms with van der Waals surface area (Å²) < 4.78 is 16.6. The van der Waals surface area contributed by atoms with Gasteiger partial charge in [0.25, 0.3) is 5.91 Å². The zero-order valence-corrected chi connectivity index (χ0v) is 13.6. The number of amides is 1. The van der Waals surface area contributed by atoms with Crippen LogP contribution in [0.25, 0.3) is 21.9 Å². The summed E-state index contributed by atoms with van der Waals surface area (Å²) in [6.45, 7) is 0.738. The second-order valence-corrected chi connectivity index (χ2v) is 6.09. The van der Waals surface area contributed by atoms with Crippen LogP contribution in [0.15, 0.2) is 42.5 Å². The van der Waals surface area contributed by atoms with Crippen molar-refractivity contribution >= 4 is 16.7 Å². The fourth-order valence-electron chi connectivity index (χ4n) is 3.65. The lowest BCUT2D eigenvalue weighted by molar-refractivity contribution is 0.0966. The molecule has 3 aromatic rings. The Morgan fingerprint density at radius 1 is 1.08 bits per heavy atom. The summed E-state index contributed by atoms with van der Waals surface area (Å²) in [6.07, 6.45) is 0. The van der Waals surface area contributed by atoms with E-state index >= 15 is 0 Å². The fourth-order valence-corrected chi connectivity index (χ4v) is 3.65. The Hall–Kier alpha value is -3.21. The molecule has 3 aromatic carbocycles. The summed E-state index contributed by atoms with van der Waals surface area (Å²) in [5.74, 6) is 2.20. The summed E-state index contributed by atoms with van der Waals surface area (Å²) in [5, 5.41) is 4.90. The predicted molar refractivity (Wildman–Crippen MR) is 93.2 cm³/mol. The largest absolute Gasteiger partial charge is 0.496 e. The van der Waals surface area contributed by atoms with E-state index in [1.807, 2.05) is 42.5 Å². The van der Waals surface area contributed by atoms with Gasteiger partial charge in [0.05, 0.1) is 7.11 Å². The summed E-state index contributed by atoms with van der Waals surface area (Å²) in [4.78, 5) is 12.2. The van der Waals surface area contributed by atoms with Crippen LogP contribution in [0.4, 0.5) is 0 Å². The quantitative estimate of drug-likeness (QED) is 0.780. The molecule has 1 amide bonds. The maximum Gasteiger partial charge on any atom is 0.251 e. The molecule has 0 fully saturated rings. The molecule has 124 valence electrons. The van der Waals surface area contributed by atoms with E-state index in [1.165, 1.54) is 0 Å². The van der Waals surface area contributed by atoms with Gasteiger partial charge in [0.15, 0.2) is 11.5 Å². The van der Waals surface area contributed by atoms with Crippen LogP contribution < -0.4 is 19.5 Å². The SMILES string of the molecule is COc1cccc2cc3c(c(-c4ccc5c(c4)OCO5)c12)CNC3=O. The first kappa shape index (κ1) is 14.2. The molecule has 0 aliphatic carbocycles. The third-order valence-corrected chi connectivity index (χ3v) is 4.79. The highest BCUT2D eigenvalue weighted by molar-refractivity contribution is 6.11. The molecule has 5 heteroatoms. The first-order valence-electron chi connectivity index (χ1n) is 8.07. The van der Waals surface area contributed by atoms with Gasteiger partial charge in [-0.2, -0.15) is 0 Å². The van der Waals surface area contributed by atoms with Crippen molar-refractivity contribution in [2.75, 3.05) is 13.9 Å². The molecular weight excluding hydrogens is 318 g/mol. The normalized spacial score (nSPS) is 14.5. The number of hydrogen-bond acceptors (Lipinski definition) is 4. The van der Waals surface area contributed by atoms with Crippen molar-refractivity contribution in [3.8, 4) is 28.4 Å². The van der Waals surface area contributed by atoms with Crippen LogP contribution in [0.1, 0.15) is 15.9 Å². The van der Waals surface area contributed by atoms with E-state index in [0.29, 0.717) is 12.1 Å². The van der Waals surface area contributed by atoms with Crippen molar-refractivity contribution in [2.45, 2.75) is 6.54 Å². The van der Waals surface area contributed by atoms with Crippen molar-refractivity contribution in [1.82, 2.24) is 5.32 Å². The van der Waals surface area contributed by atoms with E-state index < -0.39 is 0 Å². The van der Waals surface area contributed by atoms with E-state index in [-0.39, 0.29) is 12.7 Å². The van der Waals surface area contributed by atoms with E-state index in [0.717, 1.165) is 44.7 Å². The van der Waals surface area contributed by atoms with Gasteiger partial charge in [-0.3, -0.25) is 4.79 Å². The van der Waals surface area contributed by atoms with Crippen LogP contribution in [0.2, 0.25) is 0 Å². The number of methoxy groups -OCH3 is 1. The molecule has 0 saturated heterocycles. The molecule has 2 aliphatic rings. The Kier molecular flexibility index (Phi) is 2.91. The molecule has 5 nitrogen and oxygen atoms in total. The minimum absolute atomic E-state index is 0.0401. The maximum atomic E-state index is 12.2. The molecule has 0 bridgehead atoms. The Balaban J connectivity index is 1.88.